The topological polar surface area (TPSA) is 137 Å². The van der Waals surface area contributed by atoms with Crippen molar-refractivity contribution in [3.63, 3.8) is 0 Å². The molecule has 3 rings (SSSR count). The first-order valence-electron chi connectivity index (χ1n) is 10.8. The molecular weight excluding hydrogens is 470 g/mol. The van der Waals surface area contributed by atoms with Crippen LogP contribution in [0.1, 0.15) is 50.3 Å². The highest BCUT2D eigenvalue weighted by Crippen LogP contribution is 2.29. The maximum Gasteiger partial charge on any atom is 0.408 e. The summed E-state index contributed by atoms with van der Waals surface area (Å²) in [6, 6.07) is 7.92. The van der Waals surface area contributed by atoms with Crippen LogP contribution in [0.3, 0.4) is 0 Å². The summed E-state index contributed by atoms with van der Waals surface area (Å²) < 4.78 is 5.37. The van der Waals surface area contributed by atoms with Crippen LogP contribution in [0.25, 0.3) is 11.3 Å². The molecule has 2 aromatic heterocycles. The number of halogens is 1. The number of nitriles is 1. The van der Waals surface area contributed by atoms with Crippen molar-refractivity contribution >= 4 is 29.4 Å². The summed E-state index contributed by atoms with van der Waals surface area (Å²) in [5.41, 5.74) is 1.58. The van der Waals surface area contributed by atoms with Crippen molar-refractivity contribution in [3.8, 4) is 17.3 Å². The molecule has 0 aliphatic carbocycles. The normalized spacial score (nSPS) is 11.9. The Morgan fingerprint density at radius 2 is 1.91 bits per heavy atom. The number of amides is 2. The summed E-state index contributed by atoms with van der Waals surface area (Å²) in [7, 11) is 1.57. The molecule has 3 aromatic rings. The van der Waals surface area contributed by atoms with Crippen molar-refractivity contribution in [1.29, 1.82) is 5.26 Å². The number of hydrogen-bond donors (Lipinski definition) is 2. The second-order valence-electron chi connectivity index (χ2n) is 8.85. The Labute approximate surface area is 208 Å². The molecule has 0 saturated heterocycles. The van der Waals surface area contributed by atoms with Crippen LogP contribution in [-0.4, -0.2) is 44.6 Å². The number of anilines is 1. The summed E-state index contributed by atoms with van der Waals surface area (Å²) in [5, 5.41) is 12.0. The van der Waals surface area contributed by atoms with Gasteiger partial charge in [-0.25, -0.2) is 14.8 Å². The van der Waals surface area contributed by atoms with Crippen LogP contribution in [0.2, 0.25) is 5.15 Å². The minimum absolute atomic E-state index is 0.151. The Hall–Kier alpha value is -3.97. The molecule has 0 spiro atoms. The van der Waals surface area contributed by atoms with Crippen LogP contribution >= 0.6 is 11.6 Å². The molecule has 0 radical (unpaired) electrons. The van der Waals surface area contributed by atoms with E-state index in [1.165, 1.54) is 11.1 Å². The van der Waals surface area contributed by atoms with Crippen LogP contribution in [0.15, 0.2) is 36.7 Å². The van der Waals surface area contributed by atoms with Crippen LogP contribution < -0.4 is 10.2 Å². The number of hydrogen-bond acceptors (Lipinski definition) is 7. The van der Waals surface area contributed by atoms with Gasteiger partial charge in [0, 0.05) is 12.6 Å². The van der Waals surface area contributed by atoms with Crippen molar-refractivity contribution in [1.82, 2.24) is 25.3 Å². The van der Waals surface area contributed by atoms with Crippen LogP contribution in [0.4, 0.5) is 10.6 Å². The van der Waals surface area contributed by atoms with Crippen molar-refractivity contribution in [3.05, 3.63) is 58.9 Å². The quantitative estimate of drug-likeness (QED) is 0.519. The van der Waals surface area contributed by atoms with Gasteiger partial charge in [-0.2, -0.15) is 5.26 Å². The summed E-state index contributed by atoms with van der Waals surface area (Å²) in [5.74, 6) is 0.306. The Balaban J connectivity index is 1.89. The number of H-pyrrole nitrogens is 1. The number of carbonyl (C=O) groups excluding carboxylic acids is 2. The summed E-state index contributed by atoms with van der Waals surface area (Å²) >= 11 is 6.41. The first-order valence-corrected chi connectivity index (χ1v) is 11.2. The van der Waals surface area contributed by atoms with Gasteiger partial charge < -0.3 is 15.0 Å². The Morgan fingerprint density at radius 3 is 2.49 bits per heavy atom. The van der Waals surface area contributed by atoms with Gasteiger partial charge >= 0.3 is 6.09 Å². The minimum atomic E-state index is -0.872. The van der Waals surface area contributed by atoms with Crippen LogP contribution in [-0.2, 0) is 9.53 Å². The molecule has 0 bridgehead atoms. The number of nitrogens with zero attached hydrogens (tertiary/aromatic N) is 5. The standard InChI is InChI=1S/C24H26ClN7O3/c1-14-12-28-18(13-27-14)32(5)19(33)10-17(29-23(34)35-24(2,3)4)22-30-20(21(25)31-22)16-8-6-15(11-26)7-9-16/h6-9,12-13,17H,10H2,1-5H3,(H,29,34)(H,30,31)/t17-/m0/s1. The van der Waals surface area contributed by atoms with Crippen LogP contribution in [0, 0.1) is 18.3 Å². The number of aromatic amines is 1. The van der Waals surface area contributed by atoms with Crippen LogP contribution in [0.5, 0.6) is 0 Å². The second kappa shape index (κ2) is 10.5. The molecule has 0 aliphatic heterocycles. The lowest BCUT2D eigenvalue weighted by atomic mass is 10.1. The van der Waals surface area contributed by atoms with Crippen molar-refractivity contribution in [2.45, 2.75) is 45.8 Å². The molecule has 2 N–H and O–H groups in total. The fraction of sp³-hybridized carbons (Fsp3) is 0.333. The van der Waals surface area contributed by atoms with Gasteiger partial charge in [-0.3, -0.25) is 14.7 Å². The average molecular weight is 496 g/mol. The lowest BCUT2D eigenvalue weighted by Gasteiger charge is -2.24. The highest BCUT2D eigenvalue weighted by Gasteiger charge is 2.28. The predicted octanol–water partition coefficient (Wildman–Crippen LogP) is 4.32. The maximum absolute atomic E-state index is 13.1. The van der Waals surface area contributed by atoms with E-state index in [1.807, 2.05) is 0 Å². The fourth-order valence-electron chi connectivity index (χ4n) is 3.09. The Kier molecular flexibility index (Phi) is 7.71. The molecule has 0 unspecified atom stereocenters. The average Bonchev–Trinajstić information content (AvgIpc) is 3.19. The first kappa shape index (κ1) is 25.6. The summed E-state index contributed by atoms with van der Waals surface area (Å²) in [6.45, 7) is 7.02. The molecule has 11 heteroatoms. The zero-order valence-electron chi connectivity index (χ0n) is 20.1. The zero-order valence-corrected chi connectivity index (χ0v) is 20.8. The number of carbonyl (C=O) groups is 2. The monoisotopic (exact) mass is 495 g/mol. The molecule has 10 nitrogen and oxygen atoms in total. The van der Waals surface area contributed by atoms with Crippen molar-refractivity contribution < 1.29 is 14.3 Å². The highest BCUT2D eigenvalue weighted by atomic mass is 35.5. The van der Waals surface area contributed by atoms with Gasteiger partial charge in [0.15, 0.2) is 5.82 Å². The Morgan fingerprint density at radius 1 is 1.23 bits per heavy atom. The number of ether oxygens (including phenoxy) is 1. The SMILES string of the molecule is Cc1cnc(N(C)C(=O)C[C@H](NC(=O)OC(C)(C)C)c2nc(-c3ccc(C#N)cc3)c(Cl)[nH]2)cn1. The molecule has 2 heterocycles. The highest BCUT2D eigenvalue weighted by molar-refractivity contribution is 6.31. The van der Waals surface area contributed by atoms with Gasteiger partial charge in [0.2, 0.25) is 5.91 Å². The lowest BCUT2D eigenvalue weighted by Crippen LogP contribution is -2.38. The largest absolute Gasteiger partial charge is 0.444 e. The number of aromatic nitrogens is 4. The molecule has 1 atom stereocenters. The van der Waals surface area contributed by atoms with E-state index in [2.05, 4.69) is 31.3 Å². The number of aryl methyl sites for hydroxylation is 1. The molecule has 2 amide bonds. The second-order valence-corrected chi connectivity index (χ2v) is 9.22. The molecule has 0 aliphatic rings. The van der Waals surface area contributed by atoms with Gasteiger partial charge in [-0.15, -0.1) is 0 Å². The predicted molar refractivity (Wildman–Crippen MR) is 131 cm³/mol. The van der Waals surface area contributed by atoms with Gasteiger partial charge in [-0.05, 0) is 39.8 Å². The summed E-state index contributed by atoms with van der Waals surface area (Å²) in [4.78, 5) is 42.9. The van der Waals surface area contributed by atoms with E-state index in [-0.39, 0.29) is 23.3 Å². The minimum Gasteiger partial charge on any atom is -0.444 e. The van der Waals surface area contributed by atoms with E-state index in [4.69, 9.17) is 21.6 Å². The third kappa shape index (κ3) is 6.77. The molecule has 35 heavy (non-hydrogen) atoms. The van der Waals surface area contributed by atoms with E-state index < -0.39 is 17.7 Å². The zero-order chi connectivity index (χ0) is 25.8. The van der Waals surface area contributed by atoms with E-state index >= 15 is 0 Å². The smallest absolute Gasteiger partial charge is 0.408 e. The molecule has 182 valence electrons. The van der Waals surface area contributed by atoms with E-state index in [0.717, 1.165) is 5.69 Å². The third-order valence-electron chi connectivity index (χ3n) is 4.85. The maximum atomic E-state index is 13.1. The number of benzene rings is 1. The number of nitrogens with one attached hydrogen (secondary N) is 2. The van der Waals surface area contributed by atoms with Gasteiger partial charge in [-0.1, -0.05) is 23.7 Å². The lowest BCUT2D eigenvalue weighted by molar-refractivity contribution is -0.118. The third-order valence-corrected chi connectivity index (χ3v) is 5.12. The van der Waals surface area contributed by atoms with E-state index in [9.17, 15) is 9.59 Å². The number of rotatable bonds is 6. The van der Waals surface area contributed by atoms with Gasteiger partial charge in [0.25, 0.3) is 0 Å². The number of imidazole rings is 1. The molecule has 0 fully saturated rings. The first-order chi connectivity index (χ1) is 16.5. The Bertz CT molecular complexity index is 1240. The van der Waals surface area contributed by atoms with E-state index in [0.29, 0.717) is 22.6 Å². The fourth-order valence-corrected chi connectivity index (χ4v) is 3.34. The van der Waals surface area contributed by atoms with E-state index in [1.54, 1.807) is 65.2 Å². The van der Waals surface area contributed by atoms with Gasteiger partial charge in [0.1, 0.15) is 22.3 Å². The molecule has 1 aromatic carbocycles. The summed E-state index contributed by atoms with van der Waals surface area (Å²) in [6.07, 6.45) is 2.20. The molecule has 0 saturated carbocycles. The number of alkyl carbamates (subject to hydrolysis) is 1. The van der Waals surface area contributed by atoms with Crippen molar-refractivity contribution in [2.75, 3.05) is 11.9 Å². The molecular formula is C24H26ClN7O3. The van der Waals surface area contributed by atoms with Gasteiger partial charge in [0.05, 0.1) is 42.2 Å². The van der Waals surface area contributed by atoms with Crippen molar-refractivity contribution in [2.24, 2.45) is 0 Å².